The van der Waals surface area contributed by atoms with E-state index >= 15 is 0 Å². The van der Waals surface area contributed by atoms with Crippen LogP contribution in [-0.4, -0.2) is 18.2 Å². The van der Waals surface area contributed by atoms with Crippen LogP contribution < -0.4 is 26.4 Å². The smallest absolute Gasteiger partial charge is 0.154 e. The van der Waals surface area contributed by atoms with Crippen LogP contribution >= 0.6 is 0 Å². The van der Waals surface area contributed by atoms with Gasteiger partial charge in [-0.1, -0.05) is 159 Å². The number of benzene rings is 5. The first kappa shape index (κ1) is 37.6. The predicted molar refractivity (Wildman–Crippen MR) is 246 cm³/mol. The van der Waals surface area contributed by atoms with Gasteiger partial charge in [0.25, 0.3) is 0 Å². The number of hydrogen-bond donors (Lipinski definition) is 1. The zero-order valence-electron chi connectivity index (χ0n) is 32.8. The Balaban J connectivity index is 0.000000249. The van der Waals surface area contributed by atoms with Crippen molar-refractivity contribution in [3.8, 4) is 11.1 Å². The number of fused-ring (bicyclic) bond motifs is 6. The van der Waals surface area contributed by atoms with Crippen molar-refractivity contribution in [3.05, 3.63) is 221 Å². The average Bonchev–Trinajstić information content (AvgIpc) is 3.83. The standard InChI is InChI=1S/C40H29NO.C14H17NO/c1-27-10-2-3-12-29(27)13-8-11-28-20-22-30(23-21-28)31-24-25-37-35(26-31)32-14-4-6-17-36(32)41(37)38-18-9-16-34-33-15-5-7-19-39(33)42-40(34)38;1-4-13-12(2)8-6-5-7-11-16-14(13)9-10-15-3/h2-8,10-17,19-26H,1,9,18H2;4-10,15H,1-2,11H2,3H3/b11-8-,29-13-;7-5-,8-6-,10-9-,14-13-. The minimum absolute atomic E-state index is 0.540. The van der Waals surface area contributed by atoms with Crippen molar-refractivity contribution < 1.29 is 9.15 Å². The third-order valence-corrected chi connectivity index (χ3v) is 10.5. The van der Waals surface area contributed by atoms with Crippen molar-refractivity contribution in [3.63, 3.8) is 0 Å². The first-order valence-electron chi connectivity index (χ1n) is 19.7. The van der Waals surface area contributed by atoms with E-state index in [9.17, 15) is 0 Å². The molecule has 0 bridgehead atoms. The maximum Gasteiger partial charge on any atom is 0.154 e. The molecule has 1 N–H and O–H groups in total. The van der Waals surface area contributed by atoms with Crippen LogP contribution in [0.1, 0.15) is 18.4 Å². The van der Waals surface area contributed by atoms with Gasteiger partial charge in [0, 0.05) is 34.0 Å². The highest BCUT2D eigenvalue weighted by Gasteiger charge is 2.19. The van der Waals surface area contributed by atoms with E-state index < -0.39 is 0 Å². The Hall–Kier alpha value is -7.30. The molecule has 0 saturated carbocycles. The SMILES string of the molecule is C=C/C1=C(\C=C/NC)OC/C=C\C=C/C1=C.C=c1cccc/c1=C/C=C\c1ccc(-c2ccc3c(c2)c2ccccc2n3C2=c3oc4ccccc4c3=CCC2)cc1. The van der Waals surface area contributed by atoms with Crippen LogP contribution in [0.25, 0.3) is 74.4 Å². The molecule has 0 atom stereocenters. The van der Waals surface area contributed by atoms with Crippen LogP contribution in [0, 0.1) is 0 Å². The minimum atomic E-state index is 0.540. The third-order valence-electron chi connectivity index (χ3n) is 10.5. The number of hydrogen-bond acceptors (Lipinski definition) is 3. The molecule has 7 aromatic rings. The zero-order chi connectivity index (χ0) is 39.8. The molecule has 2 aliphatic rings. The van der Waals surface area contributed by atoms with Crippen LogP contribution in [0.2, 0.25) is 0 Å². The molecule has 0 saturated heterocycles. The van der Waals surface area contributed by atoms with Crippen LogP contribution in [0.15, 0.2) is 198 Å². The van der Waals surface area contributed by atoms with Crippen molar-refractivity contribution >= 4 is 63.3 Å². The zero-order valence-corrected chi connectivity index (χ0v) is 32.8. The molecule has 2 aromatic heterocycles. The highest BCUT2D eigenvalue weighted by Crippen LogP contribution is 2.35. The Bertz CT molecular complexity index is 3090. The largest absolute Gasteiger partial charge is 0.489 e. The molecule has 1 aliphatic heterocycles. The lowest BCUT2D eigenvalue weighted by Crippen LogP contribution is -2.28. The second-order valence-electron chi connectivity index (χ2n) is 14.2. The highest BCUT2D eigenvalue weighted by molar-refractivity contribution is 6.11. The van der Waals surface area contributed by atoms with Gasteiger partial charge in [0.1, 0.15) is 17.9 Å². The maximum absolute atomic E-state index is 6.49. The van der Waals surface area contributed by atoms with E-state index in [1.54, 1.807) is 6.08 Å². The summed E-state index contributed by atoms with van der Waals surface area (Å²) in [5.74, 6) is 0.769. The monoisotopic (exact) mass is 754 g/mol. The summed E-state index contributed by atoms with van der Waals surface area (Å²) in [4.78, 5) is 0. The van der Waals surface area contributed by atoms with Gasteiger partial charge < -0.3 is 19.0 Å². The molecular formula is C54H46N2O2. The summed E-state index contributed by atoms with van der Waals surface area (Å²) in [5, 5.41) is 10.0. The Kier molecular flexibility index (Phi) is 11.2. The first-order valence-corrected chi connectivity index (χ1v) is 19.7. The fraction of sp³-hybridized carbons (Fsp3) is 0.0741. The van der Waals surface area contributed by atoms with E-state index in [4.69, 9.17) is 9.15 Å². The highest BCUT2D eigenvalue weighted by atomic mass is 16.5. The molecule has 3 heterocycles. The number of para-hydroxylation sites is 2. The van der Waals surface area contributed by atoms with Crippen molar-refractivity contribution in [1.29, 1.82) is 0 Å². The normalized spacial score (nSPS) is 16.9. The molecule has 9 rings (SSSR count). The van der Waals surface area contributed by atoms with E-state index in [1.807, 2.05) is 67.9 Å². The Morgan fingerprint density at radius 3 is 2.34 bits per heavy atom. The topological polar surface area (TPSA) is 39.3 Å². The van der Waals surface area contributed by atoms with Crippen LogP contribution in [0.3, 0.4) is 0 Å². The van der Waals surface area contributed by atoms with E-state index in [2.05, 4.69) is 145 Å². The van der Waals surface area contributed by atoms with Gasteiger partial charge in [0.05, 0.1) is 16.7 Å². The molecule has 0 amide bonds. The van der Waals surface area contributed by atoms with E-state index in [0.29, 0.717) is 6.61 Å². The molecule has 1 aliphatic carbocycles. The molecule has 0 radical (unpaired) electrons. The summed E-state index contributed by atoms with van der Waals surface area (Å²) in [7, 11) is 1.84. The van der Waals surface area contributed by atoms with Gasteiger partial charge in [0.2, 0.25) is 0 Å². The second kappa shape index (κ2) is 17.2. The number of rotatable bonds is 7. The molecule has 284 valence electrons. The summed E-state index contributed by atoms with van der Waals surface area (Å²) in [5.41, 5.74) is 11.0. The number of ether oxygens (including phenoxy) is 1. The number of allylic oxidation sites excluding steroid dienone is 8. The molecule has 0 fully saturated rings. The molecular weight excluding hydrogens is 709 g/mol. The average molecular weight is 755 g/mol. The van der Waals surface area contributed by atoms with Gasteiger partial charge in [-0.05, 0) is 88.2 Å². The summed E-state index contributed by atoms with van der Waals surface area (Å²) in [6, 6.07) is 40.9. The number of nitrogens with one attached hydrogen (secondary N) is 1. The summed E-state index contributed by atoms with van der Waals surface area (Å²) in [6.07, 6.45) is 23.8. The van der Waals surface area contributed by atoms with E-state index in [0.717, 1.165) is 51.2 Å². The van der Waals surface area contributed by atoms with Crippen molar-refractivity contribution in [2.45, 2.75) is 12.8 Å². The van der Waals surface area contributed by atoms with E-state index in [-0.39, 0.29) is 0 Å². The van der Waals surface area contributed by atoms with Crippen LogP contribution in [-0.2, 0) is 4.74 Å². The fourth-order valence-electron chi connectivity index (χ4n) is 7.65. The first-order chi connectivity index (χ1) is 28.5. The maximum atomic E-state index is 6.49. The lowest BCUT2D eigenvalue weighted by atomic mass is 10.0. The van der Waals surface area contributed by atoms with E-state index in [1.165, 1.54) is 54.8 Å². The molecule has 5 aromatic carbocycles. The molecule has 4 nitrogen and oxygen atoms in total. The predicted octanol–water partition coefficient (Wildman–Crippen LogP) is 10.2. The lowest BCUT2D eigenvalue weighted by molar-refractivity contribution is 0.259. The van der Waals surface area contributed by atoms with Crippen LogP contribution in [0.5, 0.6) is 0 Å². The molecule has 58 heavy (non-hydrogen) atoms. The van der Waals surface area contributed by atoms with Gasteiger partial charge in [-0.15, -0.1) is 0 Å². The minimum Gasteiger partial charge on any atom is -0.489 e. The fourth-order valence-corrected chi connectivity index (χ4v) is 7.65. The Morgan fingerprint density at radius 1 is 0.759 bits per heavy atom. The van der Waals surface area contributed by atoms with Crippen molar-refractivity contribution in [1.82, 2.24) is 9.88 Å². The second-order valence-corrected chi connectivity index (χ2v) is 14.2. The Labute approximate surface area is 339 Å². The summed E-state index contributed by atoms with van der Waals surface area (Å²) < 4.78 is 14.5. The lowest BCUT2D eigenvalue weighted by Gasteiger charge is -2.13. The van der Waals surface area contributed by atoms with Crippen molar-refractivity contribution in [2.75, 3.05) is 13.7 Å². The molecule has 0 unspecified atom stereocenters. The molecule has 0 spiro atoms. The molecule has 4 heteroatoms. The Morgan fingerprint density at radius 2 is 1.52 bits per heavy atom. The van der Waals surface area contributed by atoms with Gasteiger partial charge in [0.15, 0.2) is 5.42 Å². The van der Waals surface area contributed by atoms with Crippen LogP contribution in [0.4, 0.5) is 0 Å². The number of nitrogens with zero attached hydrogens (tertiary/aromatic N) is 1. The van der Waals surface area contributed by atoms with Gasteiger partial charge in [-0.3, -0.25) is 0 Å². The van der Waals surface area contributed by atoms with Gasteiger partial charge in [-0.25, -0.2) is 0 Å². The quantitative estimate of drug-likeness (QED) is 0.176. The third kappa shape index (κ3) is 7.73. The number of aromatic nitrogens is 1. The van der Waals surface area contributed by atoms with Crippen molar-refractivity contribution in [2.24, 2.45) is 0 Å². The summed E-state index contributed by atoms with van der Waals surface area (Å²) >= 11 is 0. The number of furan rings is 1. The van der Waals surface area contributed by atoms with Gasteiger partial charge >= 0.3 is 0 Å². The summed E-state index contributed by atoms with van der Waals surface area (Å²) in [6.45, 7) is 12.4. The van der Waals surface area contributed by atoms with Gasteiger partial charge in [-0.2, -0.15) is 0 Å².